The second kappa shape index (κ2) is 6.69. The first-order valence-corrected chi connectivity index (χ1v) is 7.61. The molecule has 0 radical (unpaired) electrons. The first kappa shape index (κ1) is 14.0. The van der Waals surface area contributed by atoms with E-state index in [2.05, 4.69) is 62.7 Å². The highest BCUT2D eigenvalue weighted by Crippen LogP contribution is 2.29. The third kappa shape index (κ3) is 3.56. The van der Waals surface area contributed by atoms with Crippen LogP contribution in [0.5, 0.6) is 0 Å². The molecule has 1 aliphatic heterocycles. The molecule has 0 spiro atoms. The van der Waals surface area contributed by atoms with E-state index in [1.807, 2.05) is 6.08 Å². The second-order valence-corrected chi connectivity index (χ2v) is 6.29. The Morgan fingerprint density at radius 2 is 2.11 bits per heavy atom. The van der Waals surface area contributed by atoms with Gasteiger partial charge in [0.25, 0.3) is 0 Å². The van der Waals surface area contributed by atoms with Crippen molar-refractivity contribution in [2.24, 2.45) is 5.92 Å². The number of hydrogen-bond acceptors (Lipinski definition) is 1. The van der Waals surface area contributed by atoms with Gasteiger partial charge in [0, 0.05) is 10.4 Å². The monoisotopic (exact) mass is 370 g/mol. The lowest BCUT2D eigenvalue weighted by Gasteiger charge is -2.08. The average Bonchev–Trinajstić information content (AvgIpc) is 2.86. The molecule has 0 aromatic heterocycles. The fourth-order valence-electron chi connectivity index (χ4n) is 2.06. The van der Waals surface area contributed by atoms with Crippen LogP contribution in [-0.4, -0.2) is 13.2 Å². The summed E-state index contributed by atoms with van der Waals surface area (Å²) in [4.78, 5) is 0. The van der Waals surface area contributed by atoms with Crippen LogP contribution in [0.1, 0.15) is 12.0 Å². The first-order chi connectivity index (χ1) is 8.70. The normalized spacial score (nSPS) is 22.0. The van der Waals surface area contributed by atoms with Crippen molar-refractivity contribution in [3.05, 3.63) is 57.0 Å². The Balaban J connectivity index is 1.99. The molecule has 1 aromatic rings. The molecular formula is C15H16Br2O. The summed E-state index contributed by atoms with van der Waals surface area (Å²) in [6, 6.07) is 8.49. The minimum Gasteiger partial charge on any atom is -0.376 e. The summed E-state index contributed by atoms with van der Waals surface area (Å²) in [5.74, 6) is 0.379. The molecule has 0 aliphatic carbocycles. The molecule has 1 aromatic carbocycles. The Labute approximate surface area is 125 Å². The topological polar surface area (TPSA) is 9.23 Å². The molecule has 3 heteroatoms. The van der Waals surface area contributed by atoms with Crippen LogP contribution in [0.15, 0.2) is 51.4 Å². The van der Waals surface area contributed by atoms with Crippen LogP contribution in [0.25, 0.3) is 0 Å². The second-order valence-electron chi connectivity index (χ2n) is 4.41. The zero-order valence-corrected chi connectivity index (χ0v) is 13.3. The number of rotatable bonds is 4. The maximum Gasteiger partial charge on any atom is 0.0694 e. The van der Waals surface area contributed by atoms with Gasteiger partial charge >= 0.3 is 0 Å². The van der Waals surface area contributed by atoms with E-state index in [0.29, 0.717) is 5.92 Å². The van der Waals surface area contributed by atoms with E-state index >= 15 is 0 Å². The number of aryl methyl sites for hydroxylation is 1. The largest absolute Gasteiger partial charge is 0.376 e. The fourth-order valence-corrected chi connectivity index (χ4v) is 2.93. The van der Waals surface area contributed by atoms with Gasteiger partial charge in [-0.25, -0.2) is 0 Å². The third-order valence-corrected chi connectivity index (χ3v) is 4.62. The van der Waals surface area contributed by atoms with Crippen LogP contribution in [0.2, 0.25) is 0 Å². The van der Waals surface area contributed by atoms with Crippen molar-refractivity contribution in [3.63, 3.8) is 0 Å². The first-order valence-electron chi connectivity index (χ1n) is 6.03. The summed E-state index contributed by atoms with van der Waals surface area (Å²) in [7, 11) is 0. The van der Waals surface area contributed by atoms with Gasteiger partial charge in [0.2, 0.25) is 0 Å². The van der Waals surface area contributed by atoms with Gasteiger partial charge in [-0.15, -0.1) is 6.58 Å². The molecule has 2 rings (SSSR count). The molecule has 96 valence electrons. The van der Waals surface area contributed by atoms with Gasteiger partial charge in [0.1, 0.15) is 0 Å². The molecule has 1 fully saturated rings. The molecule has 18 heavy (non-hydrogen) atoms. The van der Waals surface area contributed by atoms with Crippen molar-refractivity contribution < 1.29 is 4.74 Å². The molecule has 0 amide bonds. The minimum absolute atomic E-state index is 0.379. The standard InChI is InChI=1S/C15H16Br2O/c1-2-12-9-18-10-14(12)15(17)8-5-11-3-6-13(16)7-4-11/h2-4,6-7,12H,1,5,8-10H2/b15-14-. The Morgan fingerprint density at radius 1 is 1.39 bits per heavy atom. The van der Waals surface area contributed by atoms with Crippen molar-refractivity contribution in [1.29, 1.82) is 0 Å². The van der Waals surface area contributed by atoms with Gasteiger partial charge in [0.05, 0.1) is 13.2 Å². The number of ether oxygens (including phenoxy) is 1. The molecule has 0 bridgehead atoms. The molecule has 1 saturated heterocycles. The SMILES string of the molecule is C=CC1COC/C1=C(/Br)CCc1ccc(Br)cc1. The highest BCUT2D eigenvalue weighted by atomic mass is 79.9. The van der Waals surface area contributed by atoms with Crippen LogP contribution in [0, 0.1) is 5.92 Å². The maximum absolute atomic E-state index is 5.48. The summed E-state index contributed by atoms with van der Waals surface area (Å²) in [6.45, 7) is 5.37. The minimum atomic E-state index is 0.379. The highest BCUT2D eigenvalue weighted by Gasteiger charge is 2.21. The zero-order chi connectivity index (χ0) is 13.0. The molecular weight excluding hydrogens is 356 g/mol. The molecule has 0 N–H and O–H groups in total. The lowest BCUT2D eigenvalue weighted by Crippen LogP contribution is -1.99. The van der Waals surface area contributed by atoms with Crippen LogP contribution in [0.4, 0.5) is 0 Å². The Hall–Kier alpha value is -0.380. The number of benzene rings is 1. The summed E-state index contributed by atoms with van der Waals surface area (Å²) in [5, 5.41) is 0. The van der Waals surface area contributed by atoms with Gasteiger partial charge < -0.3 is 4.74 Å². The molecule has 1 nitrogen and oxygen atoms in total. The van der Waals surface area contributed by atoms with Gasteiger partial charge in [-0.1, -0.05) is 50.1 Å². The van der Waals surface area contributed by atoms with Gasteiger partial charge in [0.15, 0.2) is 0 Å². The molecule has 1 unspecified atom stereocenters. The summed E-state index contributed by atoms with van der Waals surface area (Å²) < 4.78 is 7.88. The van der Waals surface area contributed by atoms with Crippen LogP contribution in [0.3, 0.4) is 0 Å². The molecule has 1 atom stereocenters. The van der Waals surface area contributed by atoms with E-state index in [1.165, 1.54) is 15.6 Å². The average molecular weight is 372 g/mol. The Kier molecular flexibility index (Phi) is 5.22. The quantitative estimate of drug-likeness (QED) is 0.686. The Morgan fingerprint density at radius 3 is 2.78 bits per heavy atom. The van der Waals surface area contributed by atoms with Crippen LogP contribution >= 0.6 is 31.9 Å². The Bertz CT molecular complexity index is 448. The third-order valence-electron chi connectivity index (χ3n) is 3.18. The van der Waals surface area contributed by atoms with Crippen LogP contribution in [-0.2, 0) is 11.2 Å². The van der Waals surface area contributed by atoms with Gasteiger partial charge in [-0.05, 0) is 40.6 Å². The van der Waals surface area contributed by atoms with Crippen LogP contribution < -0.4 is 0 Å². The maximum atomic E-state index is 5.48. The summed E-state index contributed by atoms with van der Waals surface area (Å²) in [5.41, 5.74) is 2.70. The van der Waals surface area contributed by atoms with E-state index in [-0.39, 0.29) is 0 Å². The predicted molar refractivity (Wildman–Crippen MR) is 82.9 cm³/mol. The molecule has 1 aliphatic rings. The van der Waals surface area contributed by atoms with Crippen molar-refractivity contribution in [1.82, 2.24) is 0 Å². The molecule has 0 saturated carbocycles. The van der Waals surface area contributed by atoms with E-state index in [1.54, 1.807) is 0 Å². The van der Waals surface area contributed by atoms with Crippen molar-refractivity contribution >= 4 is 31.9 Å². The van der Waals surface area contributed by atoms with E-state index in [4.69, 9.17) is 4.74 Å². The smallest absolute Gasteiger partial charge is 0.0694 e. The lowest BCUT2D eigenvalue weighted by atomic mass is 10.0. The van der Waals surface area contributed by atoms with E-state index in [9.17, 15) is 0 Å². The predicted octanol–water partition coefficient (Wildman–Crippen LogP) is 4.86. The molecule has 1 heterocycles. The summed E-state index contributed by atoms with van der Waals surface area (Å²) in [6.07, 6.45) is 4.04. The fraction of sp³-hybridized carbons (Fsp3) is 0.333. The van der Waals surface area contributed by atoms with E-state index < -0.39 is 0 Å². The van der Waals surface area contributed by atoms with Crippen molar-refractivity contribution in [2.75, 3.05) is 13.2 Å². The van der Waals surface area contributed by atoms with E-state index in [0.717, 1.165) is 30.5 Å². The number of allylic oxidation sites excluding steroid dienone is 1. The zero-order valence-electron chi connectivity index (χ0n) is 10.2. The van der Waals surface area contributed by atoms with Crippen molar-refractivity contribution in [3.8, 4) is 0 Å². The lowest BCUT2D eigenvalue weighted by molar-refractivity contribution is 0.195. The van der Waals surface area contributed by atoms with Crippen molar-refractivity contribution in [2.45, 2.75) is 12.8 Å². The summed E-state index contributed by atoms with van der Waals surface area (Å²) >= 11 is 7.15. The number of hydrogen-bond donors (Lipinski definition) is 0. The van der Waals surface area contributed by atoms with Gasteiger partial charge in [-0.3, -0.25) is 0 Å². The highest BCUT2D eigenvalue weighted by molar-refractivity contribution is 9.11. The van der Waals surface area contributed by atoms with Gasteiger partial charge in [-0.2, -0.15) is 0 Å². The number of halogens is 2.